The van der Waals surface area contributed by atoms with Crippen molar-refractivity contribution in [3.8, 4) is 0 Å². The molecule has 0 aliphatic carbocycles. The molecule has 96 valence electrons. The van der Waals surface area contributed by atoms with Crippen molar-refractivity contribution in [1.82, 2.24) is 9.97 Å². The van der Waals surface area contributed by atoms with E-state index in [4.69, 9.17) is 0 Å². The third-order valence-corrected chi connectivity index (χ3v) is 15.5. The summed E-state index contributed by atoms with van der Waals surface area (Å²) in [6.07, 6.45) is 3.69. The zero-order valence-corrected chi connectivity index (χ0v) is 13.6. The van der Waals surface area contributed by atoms with Gasteiger partial charge in [-0.3, -0.25) is 0 Å². The number of rotatable bonds is 5. The van der Waals surface area contributed by atoms with E-state index in [9.17, 15) is 0 Å². The summed E-state index contributed by atoms with van der Waals surface area (Å²) >= 11 is 1.98. The summed E-state index contributed by atoms with van der Waals surface area (Å²) in [5.74, 6) is 0. The molecular weight excluding hydrogens is 244 g/mol. The number of hydrogen-bond acceptors (Lipinski definition) is 3. The maximum absolute atomic E-state index is 4.40. The van der Waals surface area contributed by atoms with Crippen molar-refractivity contribution in [2.24, 2.45) is 0 Å². The molecule has 0 aliphatic heterocycles. The molecule has 0 N–H and O–H groups in total. The van der Waals surface area contributed by atoms with Crippen LogP contribution < -0.4 is 0 Å². The summed E-state index contributed by atoms with van der Waals surface area (Å²) in [5, 5.41) is 0.954. The van der Waals surface area contributed by atoms with E-state index in [0.717, 1.165) is 21.8 Å². The van der Waals surface area contributed by atoms with Crippen LogP contribution in [0.4, 0.5) is 0 Å². The lowest BCUT2D eigenvalue weighted by Crippen LogP contribution is -2.41. The molecule has 0 radical (unpaired) electrons. The van der Waals surface area contributed by atoms with Gasteiger partial charge >= 0.3 is 0 Å². The number of aromatic nitrogens is 2. The Kier molecular flexibility index (Phi) is 5.19. The highest BCUT2D eigenvalue weighted by Crippen LogP contribution is 2.50. The maximum Gasteiger partial charge on any atom is 0.181 e. The molecule has 0 bridgehead atoms. The standard InChI is InChI=1S/C13H24N2SSi/c1-10(2)17(11(3)4,12(5)6)16-13-14-8-7-9-15-13/h7-12H,1-6H3. The second-order valence-corrected chi connectivity index (χ2v) is 13.9. The molecule has 0 saturated heterocycles. The fraction of sp³-hybridized carbons (Fsp3) is 0.692. The Balaban J connectivity index is 3.07. The van der Waals surface area contributed by atoms with Crippen LogP contribution in [0.1, 0.15) is 41.5 Å². The molecule has 17 heavy (non-hydrogen) atoms. The van der Waals surface area contributed by atoms with Gasteiger partial charge in [0.2, 0.25) is 0 Å². The minimum Gasteiger partial charge on any atom is -0.232 e. The minimum atomic E-state index is -1.48. The third-order valence-electron chi connectivity index (χ3n) is 3.52. The number of nitrogens with zero attached hydrogens (tertiary/aromatic N) is 2. The van der Waals surface area contributed by atoms with E-state index in [1.807, 2.05) is 29.7 Å². The van der Waals surface area contributed by atoms with Crippen LogP contribution in [0.5, 0.6) is 0 Å². The van der Waals surface area contributed by atoms with Gasteiger partial charge in [-0.05, 0) is 22.7 Å². The van der Waals surface area contributed by atoms with Crippen LogP contribution in [0, 0.1) is 0 Å². The van der Waals surface area contributed by atoms with Gasteiger partial charge in [-0.15, -0.1) is 11.2 Å². The van der Waals surface area contributed by atoms with Gasteiger partial charge in [0.05, 0.1) is 0 Å². The van der Waals surface area contributed by atoms with Crippen LogP contribution in [0.25, 0.3) is 0 Å². The maximum atomic E-state index is 4.40. The first kappa shape index (κ1) is 14.7. The van der Waals surface area contributed by atoms with Crippen molar-refractivity contribution in [2.45, 2.75) is 63.3 Å². The predicted octanol–water partition coefficient (Wildman–Crippen LogP) is 4.74. The Labute approximate surface area is 110 Å². The van der Waals surface area contributed by atoms with E-state index in [1.165, 1.54) is 0 Å². The summed E-state index contributed by atoms with van der Waals surface area (Å²) in [6.45, 7) is 14.2. The smallest absolute Gasteiger partial charge is 0.181 e. The summed E-state index contributed by atoms with van der Waals surface area (Å²) in [4.78, 5) is 8.79. The highest BCUT2D eigenvalue weighted by Gasteiger charge is 2.44. The second kappa shape index (κ2) is 6.00. The summed E-state index contributed by atoms with van der Waals surface area (Å²) in [6, 6.07) is 1.88. The van der Waals surface area contributed by atoms with Crippen LogP contribution in [-0.4, -0.2) is 17.2 Å². The van der Waals surface area contributed by atoms with Crippen molar-refractivity contribution in [2.75, 3.05) is 0 Å². The van der Waals surface area contributed by atoms with E-state index in [0.29, 0.717) is 0 Å². The van der Waals surface area contributed by atoms with Crippen molar-refractivity contribution in [3.63, 3.8) is 0 Å². The molecule has 0 atom stereocenters. The van der Waals surface area contributed by atoms with Gasteiger partial charge in [-0.25, -0.2) is 9.97 Å². The molecule has 1 aromatic rings. The quantitative estimate of drug-likeness (QED) is 0.569. The van der Waals surface area contributed by atoms with Gasteiger partial charge < -0.3 is 0 Å². The van der Waals surface area contributed by atoms with Gasteiger partial charge in [0.15, 0.2) is 5.16 Å². The summed E-state index contributed by atoms with van der Waals surface area (Å²) < 4.78 is 0. The van der Waals surface area contributed by atoms with E-state index in [1.54, 1.807) is 0 Å². The molecule has 4 heteroatoms. The lowest BCUT2D eigenvalue weighted by molar-refractivity contribution is 0.848. The predicted molar refractivity (Wildman–Crippen MR) is 78.9 cm³/mol. The van der Waals surface area contributed by atoms with Gasteiger partial charge in [0, 0.05) is 12.4 Å². The molecular formula is C13H24N2SSi. The van der Waals surface area contributed by atoms with Crippen molar-refractivity contribution in [3.05, 3.63) is 18.5 Å². The average Bonchev–Trinajstić information content (AvgIpc) is 2.25. The van der Waals surface area contributed by atoms with E-state index < -0.39 is 7.22 Å². The van der Waals surface area contributed by atoms with E-state index in [-0.39, 0.29) is 0 Å². The Bertz CT molecular complexity index is 317. The molecule has 0 fully saturated rings. The Morgan fingerprint density at radius 2 is 1.29 bits per heavy atom. The Morgan fingerprint density at radius 3 is 1.65 bits per heavy atom. The molecule has 1 aromatic heterocycles. The van der Waals surface area contributed by atoms with Gasteiger partial charge in [0.1, 0.15) is 7.22 Å². The highest BCUT2D eigenvalue weighted by molar-refractivity contribution is 8.29. The number of hydrogen-bond donors (Lipinski definition) is 0. The zero-order valence-electron chi connectivity index (χ0n) is 11.8. The zero-order chi connectivity index (χ0) is 13.1. The van der Waals surface area contributed by atoms with Gasteiger partial charge in [-0.1, -0.05) is 41.5 Å². The fourth-order valence-electron chi connectivity index (χ4n) is 2.85. The largest absolute Gasteiger partial charge is 0.232 e. The second-order valence-electron chi connectivity index (χ2n) is 5.45. The summed E-state index contributed by atoms with van der Waals surface area (Å²) in [7, 11) is -1.48. The fourth-order valence-corrected chi connectivity index (χ4v) is 11.5. The topological polar surface area (TPSA) is 25.8 Å². The molecule has 1 rings (SSSR count). The lowest BCUT2D eigenvalue weighted by Gasteiger charge is -2.41. The van der Waals surface area contributed by atoms with Crippen LogP contribution in [0.3, 0.4) is 0 Å². The first-order valence-corrected chi connectivity index (χ1v) is 10.1. The van der Waals surface area contributed by atoms with Gasteiger partial charge in [-0.2, -0.15) is 0 Å². The first-order valence-electron chi connectivity index (χ1n) is 6.37. The molecule has 0 unspecified atom stereocenters. The monoisotopic (exact) mass is 268 g/mol. The normalized spacial score (nSPS) is 12.8. The van der Waals surface area contributed by atoms with Crippen LogP contribution in [-0.2, 0) is 0 Å². The third kappa shape index (κ3) is 3.10. The summed E-state index contributed by atoms with van der Waals surface area (Å²) in [5.41, 5.74) is 2.20. The van der Waals surface area contributed by atoms with Crippen molar-refractivity contribution < 1.29 is 0 Å². The molecule has 0 spiro atoms. The molecule has 0 aliphatic rings. The van der Waals surface area contributed by atoms with Crippen LogP contribution >= 0.6 is 11.2 Å². The Morgan fingerprint density at radius 1 is 0.882 bits per heavy atom. The Hall–Kier alpha value is -0.353. The van der Waals surface area contributed by atoms with Crippen molar-refractivity contribution in [1.29, 1.82) is 0 Å². The molecule has 1 heterocycles. The molecule has 0 aromatic carbocycles. The molecule has 2 nitrogen and oxygen atoms in total. The van der Waals surface area contributed by atoms with E-state index in [2.05, 4.69) is 51.5 Å². The SMILES string of the molecule is CC(C)[Si](Sc1ncccn1)(C(C)C)C(C)C. The first-order chi connectivity index (χ1) is 7.91. The van der Waals surface area contributed by atoms with Crippen LogP contribution in [0.2, 0.25) is 16.6 Å². The lowest BCUT2D eigenvalue weighted by atomic mass is 10.5. The van der Waals surface area contributed by atoms with Gasteiger partial charge in [0.25, 0.3) is 0 Å². The van der Waals surface area contributed by atoms with Crippen LogP contribution in [0.15, 0.2) is 23.6 Å². The van der Waals surface area contributed by atoms with E-state index >= 15 is 0 Å². The minimum absolute atomic E-state index is 0.733. The highest BCUT2D eigenvalue weighted by atomic mass is 32.4. The van der Waals surface area contributed by atoms with Crippen molar-refractivity contribution >= 4 is 18.4 Å². The molecule has 0 saturated carbocycles. The average molecular weight is 269 g/mol. The molecule has 0 amide bonds.